The number of ether oxygens (including phenoxy) is 1. The molecule has 0 bridgehead atoms. The van der Waals surface area contributed by atoms with Crippen LogP contribution in [0, 0.1) is 5.92 Å². The molecule has 0 radical (unpaired) electrons. The number of hydrogen-bond donors (Lipinski definition) is 1. The van der Waals surface area contributed by atoms with E-state index in [1.54, 1.807) is 12.1 Å². The molecular formula is C15H22F3NO. The van der Waals surface area contributed by atoms with E-state index < -0.39 is 6.36 Å². The zero-order valence-electron chi connectivity index (χ0n) is 12.3. The highest BCUT2D eigenvalue weighted by Crippen LogP contribution is 2.24. The Bertz CT molecular complexity index is 401. The highest BCUT2D eigenvalue weighted by Gasteiger charge is 2.31. The van der Waals surface area contributed by atoms with Crippen molar-refractivity contribution in [2.75, 3.05) is 0 Å². The Labute approximate surface area is 118 Å². The molecule has 0 aliphatic carbocycles. The van der Waals surface area contributed by atoms with Gasteiger partial charge in [0.25, 0.3) is 0 Å². The van der Waals surface area contributed by atoms with E-state index in [-0.39, 0.29) is 11.8 Å². The summed E-state index contributed by atoms with van der Waals surface area (Å²) in [4.78, 5) is 0. The molecule has 0 spiro atoms. The predicted octanol–water partition coefficient (Wildman–Crippen LogP) is 4.67. The summed E-state index contributed by atoms with van der Waals surface area (Å²) < 4.78 is 40.0. The number of alkyl halides is 3. The normalized spacial score (nSPS) is 15.2. The third-order valence-corrected chi connectivity index (χ3v) is 2.97. The van der Waals surface area contributed by atoms with E-state index in [0.29, 0.717) is 12.0 Å². The number of benzene rings is 1. The van der Waals surface area contributed by atoms with Gasteiger partial charge in [0, 0.05) is 12.1 Å². The summed E-state index contributed by atoms with van der Waals surface area (Å²) in [6, 6.07) is 6.43. The second-order valence-corrected chi connectivity index (χ2v) is 5.54. The molecule has 0 saturated heterocycles. The van der Waals surface area contributed by atoms with Crippen LogP contribution < -0.4 is 10.1 Å². The van der Waals surface area contributed by atoms with E-state index >= 15 is 0 Å². The summed E-state index contributed by atoms with van der Waals surface area (Å²) in [5, 5.41) is 3.43. The molecule has 1 aromatic rings. The molecule has 0 aliphatic rings. The van der Waals surface area contributed by atoms with Crippen LogP contribution in [0.5, 0.6) is 5.75 Å². The first kappa shape index (κ1) is 16.8. The fourth-order valence-corrected chi connectivity index (χ4v) is 2.26. The van der Waals surface area contributed by atoms with Crippen molar-refractivity contribution < 1.29 is 17.9 Å². The van der Waals surface area contributed by atoms with Crippen molar-refractivity contribution >= 4 is 0 Å². The Morgan fingerprint density at radius 3 is 2.05 bits per heavy atom. The van der Waals surface area contributed by atoms with Gasteiger partial charge < -0.3 is 10.1 Å². The number of rotatable bonds is 6. The number of hydrogen-bond acceptors (Lipinski definition) is 2. The minimum absolute atomic E-state index is 0.0867. The van der Waals surface area contributed by atoms with Crippen molar-refractivity contribution in [3.05, 3.63) is 29.8 Å². The standard InChI is InChI=1S/C15H22F3NO/c1-10(2)9-11(3)19-12(4)13-5-7-14(8-6-13)20-15(16,17)18/h5-8,10-12,19H,9H2,1-4H3. The molecule has 2 atom stereocenters. The van der Waals surface area contributed by atoms with Crippen LogP contribution in [0.3, 0.4) is 0 Å². The molecule has 1 N–H and O–H groups in total. The van der Waals surface area contributed by atoms with E-state index in [1.807, 2.05) is 6.92 Å². The van der Waals surface area contributed by atoms with Gasteiger partial charge in [0.15, 0.2) is 0 Å². The van der Waals surface area contributed by atoms with Crippen LogP contribution in [0.2, 0.25) is 0 Å². The van der Waals surface area contributed by atoms with Crippen molar-refractivity contribution in [3.8, 4) is 5.75 Å². The first-order valence-electron chi connectivity index (χ1n) is 6.79. The summed E-state index contributed by atoms with van der Waals surface area (Å²) in [5.74, 6) is 0.413. The summed E-state index contributed by atoms with van der Waals surface area (Å²) in [7, 11) is 0. The maximum atomic E-state index is 12.1. The maximum Gasteiger partial charge on any atom is 0.573 e. The minimum Gasteiger partial charge on any atom is -0.406 e. The van der Waals surface area contributed by atoms with Crippen molar-refractivity contribution in [2.45, 2.75) is 52.6 Å². The quantitative estimate of drug-likeness (QED) is 0.821. The van der Waals surface area contributed by atoms with Gasteiger partial charge in [-0.05, 0) is 43.9 Å². The molecule has 1 aromatic carbocycles. The molecule has 0 saturated carbocycles. The van der Waals surface area contributed by atoms with Gasteiger partial charge in [0.1, 0.15) is 5.75 Å². The molecule has 0 amide bonds. The van der Waals surface area contributed by atoms with Crippen molar-refractivity contribution in [1.29, 1.82) is 0 Å². The zero-order chi connectivity index (χ0) is 15.3. The second-order valence-electron chi connectivity index (χ2n) is 5.54. The Morgan fingerprint density at radius 2 is 1.60 bits per heavy atom. The van der Waals surface area contributed by atoms with Gasteiger partial charge in [-0.15, -0.1) is 13.2 Å². The SMILES string of the molecule is CC(C)CC(C)NC(C)c1ccc(OC(F)(F)F)cc1. The lowest BCUT2D eigenvalue weighted by Crippen LogP contribution is -2.30. The Kier molecular flexibility index (Phi) is 5.87. The molecule has 20 heavy (non-hydrogen) atoms. The summed E-state index contributed by atoms with van der Waals surface area (Å²) >= 11 is 0. The van der Waals surface area contributed by atoms with Crippen LogP contribution >= 0.6 is 0 Å². The summed E-state index contributed by atoms with van der Waals surface area (Å²) in [6.45, 7) is 8.42. The van der Waals surface area contributed by atoms with Crippen LogP contribution in [0.4, 0.5) is 13.2 Å². The first-order chi connectivity index (χ1) is 9.17. The summed E-state index contributed by atoms with van der Waals surface area (Å²) in [5.41, 5.74) is 0.940. The smallest absolute Gasteiger partial charge is 0.406 e. The first-order valence-corrected chi connectivity index (χ1v) is 6.79. The average Bonchev–Trinajstić information content (AvgIpc) is 2.26. The minimum atomic E-state index is -4.64. The highest BCUT2D eigenvalue weighted by molar-refractivity contribution is 5.29. The largest absolute Gasteiger partial charge is 0.573 e. The second kappa shape index (κ2) is 6.97. The van der Waals surface area contributed by atoms with Crippen LogP contribution in [0.25, 0.3) is 0 Å². The van der Waals surface area contributed by atoms with Crippen molar-refractivity contribution in [3.63, 3.8) is 0 Å². The molecule has 0 heterocycles. The molecular weight excluding hydrogens is 267 g/mol. The lowest BCUT2D eigenvalue weighted by atomic mass is 10.0. The summed E-state index contributed by atoms with van der Waals surface area (Å²) in [6.07, 6.45) is -3.59. The number of halogens is 3. The van der Waals surface area contributed by atoms with Gasteiger partial charge in [-0.1, -0.05) is 26.0 Å². The molecule has 2 unspecified atom stereocenters. The van der Waals surface area contributed by atoms with E-state index in [1.165, 1.54) is 12.1 Å². The van der Waals surface area contributed by atoms with E-state index in [0.717, 1.165) is 12.0 Å². The van der Waals surface area contributed by atoms with Gasteiger partial charge in [-0.3, -0.25) is 0 Å². The molecule has 0 aliphatic heterocycles. The van der Waals surface area contributed by atoms with Crippen LogP contribution in [-0.2, 0) is 0 Å². The van der Waals surface area contributed by atoms with Gasteiger partial charge in [-0.2, -0.15) is 0 Å². The Balaban J connectivity index is 2.59. The maximum absolute atomic E-state index is 12.1. The van der Waals surface area contributed by atoms with E-state index in [4.69, 9.17) is 0 Å². The molecule has 114 valence electrons. The van der Waals surface area contributed by atoms with E-state index in [2.05, 4.69) is 30.8 Å². The fraction of sp³-hybridized carbons (Fsp3) is 0.600. The molecule has 0 aromatic heterocycles. The zero-order valence-corrected chi connectivity index (χ0v) is 12.3. The van der Waals surface area contributed by atoms with Crippen molar-refractivity contribution in [2.24, 2.45) is 5.92 Å². The van der Waals surface area contributed by atoms with Gasteiger partial charge in [0.05, 0.1) is 0 Å². The Hall–Kier alpha value is -1.23. The third-order valence-electron chi connectivity index (χ3n) is 2.97. The molecule has 1 rings (SSSR count). The average molecular weight is 289 g/mol. The predicted molar refractivity (Wildman–Crippen MR) is 73.6 cm³/mol. The molecule has 0 fully saturated rings. The topological polar surface area (TPSA) is 21.3 Å². The van der Waals surface area contributed by atoms with E-state index in [9.17, 15) is 13.2 Å². The monoisotopic (exact) mass is 289 g/mol. The molecule has 2 nitrogen and oxygen atoms in total. The van der Waals surface area contributed by atoms with Crippen molar-refractivity contribution in [1.82, 2.24) is 5.32 Å². The van der Waals surface area contributed by atoms with Gasteiger partial charge >= 0.3 is 6.36 Å². The molecule has 5 heteroatoms. The highest BCUT2D eigenvalue weighted by atomic mass is 19.4. The third kappa shape index (κ3) is 6.28. The van der Waals surface area contributed by atoms with Crippen LogP contribution in [-0.4, -0.2) is 12.4 Å². The lowest BCUT2D eigenvalue weighted by molar-refractivity contribution is -0.274. The van der Waals surface area contributed by atoms with Crippen LogP contribution in [0.15, 0.2) is 24.3 Å². The Morgan fingerprint density at radius 1 is 1.05 bits per heavy atom. The number of nitrogens with one attached hydrogen (secondary N) is 1. The fourth-order valence-electron chi connectivity index (χ4n) is 2.26. The van der Waals surface area contributed by atoms with Gasteiger partial charge in [-0.25, -0.2) is 0 Å². The van der Waals surface area contributed by atoms with Gasteiger partial charge in [0.2, 0.25) is 0 Å². The lowest BCUT2D eigenvalue weighted by Gasteiger charge is -2.22. The van der Waals surface area contributed by atoms with Crippen LogP contribution in [0.1, 0.15) is 45.7 Å².